The van der Waals surface area contributed by atoms with Gasteiger partial charge in [0.15, 0.2) is 0 Å². The smallest absolute Gasteiger partial charge is 0.271 e. The third-order valence-corrected chi connectivity index (χ3v) is 3.33. The highest BCUT2D eigenvalue weighted by Crippen LogP contribution is 2.10. The van der Waals surface area contributed by atoms with Crippen LogP contribution in [0.4, 0.5) is 0 Å². The molecular formula is C14H19N3O2. The molecule has 1 aromatic carbocycles. The van der Waals surface area contributed by atoms with E-state index in [1.807, 2.05) is 0 Å². The van der Waals surface area contributed by atoms with Crippen LogP contribution in [0.3, 0.4) is 0 Å². The van der Waals surface area contributed by atoms with Crippen molar-refractivity contribution in [3.8, 4) is 5.75 Å². The van der Waals surface area contributed by atoms with Gasteiger partial charge in [0.1, 0.15) is 5.75 Å². The molecule has 5 nitrogen and oxygen atoms in total. The van der Waals surface area contributed by atoms with Crippen molar-refractivity contribution in [2.24, 2.45) is 5.10 Å². The molecule has 0 aromatic heterocycles. The predicted molar refractivity (Wildman–Crippen MR) is 74.4 cm³/mol. The first kappa shape index (κ1) is 13.5. The lowest BCUT2D eigenvalue weighted by atomic mass is 10.1. The van der Waals surface area contributed by atoms with Gasteiger partial charge in [-0.1, -0.05) is 6.92 Å². The SMILES string of the molecule is CCN1CCC(=NNC(=O)c2ccc(O)cc2)CC1. The Morgan fingerprint density at radius 3 is 2.53 bits per heavy atom. The Balaban J connectivity index is 1.88. The van der Waals surface area contributed by atoms with E-state index in [4.69, 9.17) is 5.11 Å². The third-order valence-electron chi connectivity index (χ3n) is 3.33. The number of phenolic OH excluding ortho intramolecular Hbond substituents is 1. The molecule has 2 rings (SSSR count). The summed E-state index contributed by atoms with van der Waals surface area (Å²) in [6, 6.07) is 6.12. The minimum atomic E-state index is -0.245. The summed E-state index contributed by atoms with van der Waals surface area (Å²) in [5, 5.41) is 13.3. The van der Waals surface area contributed by atoms with E-state index < -0.39 is 0 Å². The molecule has 0 atom stereocenters. The second-order valence-electron chi connectivity index (χ2n) is 4.60. The lowest BCUT2D eigenvalue weighted by molar-refractivity contribution is 0.0954. The van der Waals surface area contributed by atoms with Crippen LogP contribution in [0.25, 0.3) is 0 Å². The number of likely N-dealkylation sites (tertiary alicyclic amines) is 1. The van der Waals surface area contributed by atoms with Crippen molar-refractivity contribution in [1.82, 2.24) is 10.3 Å². The molecule has 0 unspecified atom stereocenters. The zero-order chi connectivity index (χ0) is 13.7. The van der Waals surface area contributed by atoms with E-state index in [0.717, 1.165) is 38.2 Å². The average molecular weight is 261 g/mol. The number of aromatic hydroxyl groups is 1. The Labute approximate surface area is 112 Å². The number of amides is 1. The summed E-state index contributed by atoms with van der Waals surface area (Å²) in [6.07, 6.45) is 1.81. The fourth-order valence-corrected chi connectivity index (χ4v) is 2.05. The zero-order valence-electron chi connectivity index (χ0n) is 11.1. The molecule has 1 aliphatic rings. The van der Waals surface area contributed by atoms with Gasteiger partial charge >= 0.3 is 0 Å². The molecule has 1 heterocycles. The molecule has 0 spiro atoms. The van der Waals surface area contributed by atoms with Crippen molar-refractivity contribution in [3.05, 3.63) is 29.8 Å². The van der Waals surface area contributed by atoms with E-state index in [1.165, 1.54) is 12.1 Å². The lowest BCUT2D eigenvalue weighted by Crippen LogP contribution is -2.34. The number of hydrogen-bond donors (Lipinski definition) is 2. The van der Waals surface area contributed by atoms with E-state index in [1.54, 1.807) is 12.1 Å². The van der Waals surface area contributed by atoms with Crippen LogP contribution in [0, 0.1) is 0 Å². The number of carbonyl (C=O) groups is 1. The van der Waals surface area contributed by atoms with E-state index in [2.05, 4.69) is 22.4 Å². The molecule has 0 bridgehead atoms. The maximum Gasteiger partial charge on any atom is 0.271 e. The number of rotatable bonds is 3. The van der Waals surface area contributed by atoms with Crippen LogP contribution >= 0.6 is 0 Å². The summed E-state index contributed by atoms with van der Waals surface area (Å²) in [5.41, 5.74) is 4.10. The molecule has 102 valence electrons. The fourth-order valence-electron chi connectivity index (χ4n) is 2.05. The van der Waals surface area contributed by atoms with Crippen molar-refractivity contribution in [2.75, 3.05) is 19.6 Å². The first-order valence-electron chi connectivity index (χ1n) is 6.56. The summed E-state index contributed by atoms with van der Waals surface area (Å²) >= 11 is 0. The predicted octanol–water partition coefficient (Wildman–Crippen LogP) is 1.59. The molecule has 19 heavy (non-hydrogen) atoms. The molecule has 1 fully saturated rings. The first-order chi connectivity index (χ1) is 9.19. The Hall–Kier alpha value is -1.88. The molecule has 0 aliphatic carbocycles. The Bertz CT molecular complexity index is 458. The van der Waals surface area contributed by atoms with Gasteiger partial charge in [0.05, 0.1) is 0 Å². The molecule has 1 aromatic rings. The summed E-state index contributed by atoms with van der Waals surface area (Å²) in [5.74, 6) is -0.0970. The van der Waals surface area contributed by atoms with Crippen LogP contribution in [0.5, 0.6) is 5.75 Å². The molecule has 0 saturated carbocycles. The van der Waals surface area contributed by atoms with Crippen molar-refractivity contribution in [3.63, 3.8) is 0 Å². The number of piperidine rings is 1. The second kappa shape index (κ2) is 6.33. The van der Waals surface area contributed by atoms with Gasteiger partial charge < -0.3 is 10.0 Å². The van der Waals surface area contributed by atoms with Crippen LogP contribution in [0.2, 0.25) is 0 Å². The van der Waals surface area contributed by atoms with Crippen LogP contribution < -0.4 is 5.43 Å². The zero-order valence-corrected chi connectivity index (χ0v) is 11.1. The summed E-state index contributed by atoms with van der Waals surface area (Å²) in [4.78, 5) is 14.2. The molecule has 1 saturated heterocycles. The van der Waals surface area contributed by atoms with Gasteiger partial charge in [-0.05, 0) is 30.8 Å². The maximum absolute atomic E-state index is 11.8. The highest BCUT2D eigenvalue weighted by atomic mass is 16.3. The number of nitrogens with zero attached hydrogens (tertiary/aromatic N) is 2. The number of nitrogens with one attached hydrogen (secondary N) is 1. The summed E-state index contributed by atoms with van der Waals surface area (Å²) in [7, 11) is 0. The number of hydrazone groups is 1. The van der Waals surface area contributed by atoms with Crippen molar-refractivity contribution >= 4 is 11.6 Å². The number of carbonyl (C=O) groups excluding carboxylic acids is 1. The highest BCUT2D eigenvalue weighted by molar-refractivity contribution is 5.95. The first-order valence-corrected chi connectivity index (χ1v) is 6.56. The molecule has 5 heteroatoms. The van der Waals surface area contributed by atoms with E-state index in [0.29, 0.717) is 5.56 Å². The van der Waals surface area contributed by atoms with E-state index in [9.17, 15) is 4.79 Å². The molecule has 2 N–H and O–H groups in total. The van der Waals surface area contributed by atoms with E-state index >= 15 is 0 Å². The highest BCUT2D eigenvalue weighted by Gasteiger charge is 2.13. The standard InChI is InChI=1S/C14H19N3O2/c1-2-17-9-7-12(8-10-17)15-16-14(19)11-3-5-13(18)6-4-11/h3-6,18H,2,7-10H2,1H3,(H,16,19). The van der Waals surface area contributed by atoms with Crippen LogP contribution in [0.1, 0.15) is 30.1 Å². The van der Waals surface area contributed by atoms with Gasteiger partial charge in [0.25, 0.3) is 5.91 Å². The fraction of sp³-hybridized carbons (Fsp3) is 0.429. The minimum Gasteiger partial charge on any atom is -0.508 e. The van der Waals surface area contributed by atoms with E-state index in [-0.39, 0.29) is 11.7 Å². The Kier molecular flexibility index (Phi) is 4.52. The number of benzene rings is 1. The average Bonchev–Trinajstić information content (AvgIpc) is 2.46. The van der Waals surface area contributed by atoms with Gasteiger partial charge in [0.2, 0.25) is 0 Å². The van der Waals surface area contributed by atoms with Crippen molar-refractivity contribution < 1.29 is 9.90 Å². The van der Waals surface area contributed by atoms with Crippen molar-refractivity contribution in [1.29, 1.82) is 0 Å². The molecule has 1 aliphatic heterocycles. The van der Waals surface area contributed by atoms with Gasteiger partial charge in [-0.2, -0.15) is 5.10 Å². The summed E-state index contributed by atoms with van der Waals surface area (Å²) < 4.78 is 0. The quantitative estimate of drug-likeness (QED) is 0.812. The minimum absolute atomic E-state index is 0.148. The Morgan fingerprint density at radius 1 is 1.32 bits per heavy atom. The topological polar surface area (TPSA) is 64.9 Å². The van der Waals surface area contributed by atoms with Crippen molar-refractivity contribution in [2.45, 2.75) is 19.8 Å². The van der Waals surface area contributed by atoms with Crippen LogP contribution in [0.15, 0.2) is 29.4 Å². The molecular weight excluding hydrogens is 242 g/mol. The number of phenols is 1. The largest absolute Gasteiger partial charge is 0.508 e. The monoisotopic (exact) mass is 261 g/mol. The van der Waals surface area contributed by atoms with Gasteiger partial charge in [-0.25, -0.2) is 5.43 Å². The van der Waals surface area contributed by atoms with Gasteiger partial charge in [-0.3, -0.25) is 4.79 Å². The lowest BCUT2D eigenvalue weighted by Gasteiger charge is -2.25. The summed E-state index contributed by atoms with van der Waals surface area (Å²) in [6.45, 7) is 5.22. The molecule has 1 amide bonds. The second-order valence-corrected chi connectivity index (χ2v) is 4.60. The van der Waals surface area contributed by atoms with Gasteiger partial charge in [-0.15, -0.1) is 0 Å². The van der Waals surface area contributed by atoms with Gasteiger partial charge in [0, 0.05) is 37.2 Å². The molecule has 0 radical (unpaired) electrons. The van der Waals surface area contributed by atoms with Crippen LogP contribution in [-0.2, 0) is 0 Å². The normalized spacial score (nSPS) is 16.2. The maximum atomic E-state index is 11.8. The third kappa shape index (κ3) is 3.79. The number of hydrogen-bond acceptors (Lipinski definition) is 4. The Morgan fingerprint density at radius 2 is 1.95 bits per heavy atom. The van der Waals surface area contributed by atoms with Crippen LogP contribution in [-0.4, -0.2) is 41.3 Å².